The average molecular weight is 283 g/mol. The fourth-order valence-corrected chi connectivity index (χ4v) is 2.00. The first-order valence-electron chi connectivity index (χ1n) is 6.72. The van der Waals surface area contributed by atoms with Crippen LogP contribution in [0.4, 0.5) is 5.69 Å². The van der Waals surface area contributed by atoms with Crippen LogP contribution in [0.2, 0.25) is 0 Å². The molecule has 21 heavy (non-hydrogen) atoms. The molecule has 0 bridgehead atoms. The zero-order chi connectivity index (χ0) is 15.4. The summed E-state index contributed by atoms with van der Waals surface area (Å²) in [7, 11) is 1.96. The highest BCUT2D eigenvalue weighted by Crippen LogP contribution is 2.18. The Morgan fingerprint density at radius 2 is 1.62 bits per heavy atom. The number of hydrogen-bond donors (Lipinski definition) is 1. The number of benzene rings is 2. The van der Waals surface area contributed by atoms with Crippen molar-refractivity contribution in [2.45, 2.75) is 6.92 Å². The van der Waals surface area contributed by atoms with Crippen LogP contribution < -0.4 is 4.90 Å². The molecule has 0 heterocycles. The van der Waals surface area contributed by atoms with Crippen molar-refractivity contribution in [1.29, 1.82) is 0 Å². The zero-order valence-corrected chi connectivity index (χ0v) is 12.0. The molecule has 1 N–H and O–H groups in total. The second kappa shape index (κ2) is 6.22. The second-order valence-electron chi connectivity index (χ2n) is 4.78. The van der Waals surface area contributed by atoms with Gasteiger partial charge in [-0.15, -0.1) is 0 Å². The highest BCUT2D eigenvalue weighted by atomic mass is 16.4. The van der Waals surface area contributed by atoms with E-state index in [-0.39, 0.29) is 11.3 Å². The number of nitrogens with zero attached hydrogens (tertiary/aromatic N) is 1. The molecule has 0 aliphatic rings. The Morgan fingerprint density at radius 3 is 2.19 bits per heavy atom. The Morgan fingerprint density at radius 1 is 1.00 bits per heavy atom. The first kappa shape index (κ1) is 14.8. The van der Waals surface area contributed by atoms with Crippen molar-refractivity contribution in [1.82, 2.24) is 0 Å². The molecule has 0 aromatic heterocycles. The number of hydrogen-bond acceptors (Lipinski definition) is 3. The van der Waals surface area contributed by atoms with Gasteiger partial charge in [0.25, 0.3) is 0 Å². The van der Waals surface area contributed by atoms with E-state index in [0.717, 1.165) is 12.2 Å². The first-order valence-corrected chi connectivity index (χ1v) is 6.72. The van der Waals surface area contributed by atoms with Gasteiger partial charge in [0.05, 0.1) is 5.56 Å². The SMILES string of the molecule is CCN(C)c1cccc(C(=O)c2ccc(C(=O)O)cc2)c1. The fourth-order valence-electron chi connectivity index (χ4n) is 2.00. The van der Waals surface area contributed by atoms with E-state index in [4.69, 9.17) is 5.11 Å². The van der Waals surface area contributed by atoms with Gasteiger partial charge >= 0.3 is 5.97 Å². The molecule has 0 amide bonds. The number of carbonyl (C=O) groups is 2. The fraction of sp³-hybridized carbons (Fsp3) is 0.176. The van der Waals surface area contributed by atoms with Gasteiger partial charge in [-0.1, -0.05) is 24.3 Å². The monoisotopic (exact) mass is 283 g/mol. The van der Waals surface area contributed by atoms with Crippen LogP contribution in [0.5, 0.6) is 0 Å². The molecule has 0 atom stereocenters. The average Bonchev–Trinajstić information content (AvgIpc) is 2.53. The Balaban J connectivity index is 2.29. The van der Waals surface area contributed by atoms with Gasteiger partial charge in [0.15, 0.2) is 5.78 Å². The topological polar surface area (TPSA) is 57.6 Å². The molecule has 0 radical (unpaired) electrons. The summed E-state index contributed by atoms with van der Waals surface area (Å²) in [5.41, 5.74) is 2.23. The second-order valence-corrected chi connectivity index (χ2v) is 4.78. The van der Waals surface area contributed by atoms with Crippen molar-refractivity contribution in [3.63, 3.8) is 0 Å². The maximum Gasteiger partial charge on any atom is 0.335 e. The van der Waals surface area contributed by atoms with E-state index >= 15 is 0 Å². The van der Waals surface area contributed by atoms with Crippen LogP contribution in [0.15, 0.2) is 48.5 Å². The lowest BCUT2D eigenvalue weighted by atomic mass is 10.0. The molecule has 0 spiro atoms. The smallest absolute Gasteiger partial charge is 0.335 e. The third kappa shape index (κ3) is 3.28. The van der Waals surface area contributed by atoms with E-state index in [1.54, 1.807) is 18.2 Å². The van der Waals surface area contributed by atoms with E-state index in [1.165, 1.54) is 12.1 Å². The van der Waals surface area contributed by atoms with Crippen LogP contribution in [-0.4, -0.2) is 30.5 Å². The maximum absolute atomic E-state index is 12.4. The van der Waals surface area contributed by atoms with Gasteiger partial charge in [0, 0.05) is 30.4 Å². The molecule has 2 aromatic carbocycles. The van der Waals surface area contributed by atoms with Gasteiger partial charge in [0.2, 0.25) is 0 Å². The van der Waals surface area contributed by atoms with E-state index in [0.29, 0.717) is 11.1 Å². The van der Waals surface area contributed by atoms with Crippen molar-refractivity contribution < 1.29 is 14.7 Å². The minimum absolute atomic E-state index is 0.113. The quantitative estimate of drug-likeness (QED) is 0.857. The third-order valence-electron chi connectivity index (χ3n) is 3.42. The van der Waals surface area contributed by atoms with Crippen molar-refractivity contribution >= 4 is 17.4 Å². The summed E-state index contributed by atoms with van der Waals surface area (Å²) in [6.07, 6.45) is 0. The maximum atomic E-state index is 12.4. The molecule has 108 valence electrons. The van der Waals surface area contributed by atoms with Gasteiger partial charge < -0.3 is 10.0 Å². The van der Waals surface area contributed by atoms with E-state index < -0.39 is 5.97 Å². The minimum atomic E-state index is -0.999. The van der Waals surface area contributed by atoms with Gasteiger partial charge in [-0.05, 0) is 31.2 Å². The number of carboxylic acids is 1. The van der Waals surface area contributed by atoms with Crippen LogP contribution in [-0.2, 0) is 0 Å². The Kier molecular flexibility index (Phi) is 4.38. The lowest BCUT2D eigenvalue weighted by Crippen LogP contribution is -2.16. The predicted molar refractivity (Wildman–Crippen MR) is 82.2 cm³/mol. The Hall–Kier alpha value is -2.62. The summed E-state index contributed by atoms with van der Waals surface area (Å²) in [6.45, 7) is 2.89. The molecule has 2 rings (SSSR count). The van der Waals surface area contributed by atoms with Crippen LogP contribution >= 0.6 is 0 Å². The zero-order valence-electron chi connectivity index (χ0n) is 12.0. The van der Waals surface area contributed by atoms with Gasteiger partial charge in [0.1, 0.15) is 0 Å². The summed E-state index contributed by atoms with van der Waals surface area (Å²) >= 11 is 0. The van der Waals surface area contributed by atoms with Gasteiger partial charge in [-0.2, -0.15) is 0 Å². The number of carboxylic acid groups (broad SMARTS) is 1. The Bertz CT molecular complexity index is 662. The lowest BCUT2D eigenvalue weighted by Gasteiger charge is -2.17. The number of ketones is 1. The van der Waals surface area contributed by atoms with Crippen molar-refractivity contribution in [2.24, 2.45) is 0 Å². The van der Waals surface area contributed by atoms with Gasteiger partial charge in [-0.25, -0.2) is 4.79 Å². The van der Waals surface area contributed by atoms with Gasteiger partial charge in [-0.3, -0.25) is 4.79 Å². The molecule has 0 aliphatic heterocycles. The number of rotatable bonds is 5. The largest absolute Gasteiger partial charge is 0.478 e. The molecule has 2 aromatic rings. The third-order valence-corrected chi connectivity index (χ3v) is 3.42. The summed E-state index contributed by atoms with van der Waals surface area (Å²) in [5.74, 6) is -1.11. The molecule has 0 unspecified atom stereocenters. The Labute approximate surface area is 123 Å². The summed E-state index contributed by atoms with van der Waals surface area (Å²) in [6, 6.07) is 13.4. The van der Waals surface area contributed by atoms with E-state index in [1.807, 2.05) is 37.1 Å². The van der Waals surface area contributed by atoms with E-state index in [2.05, 4.69) is 0 Å². The summed E-state index contributed by atoms with van der Waals surface area (Å²) in [5, 5.41) is 8.87. The molecule has 0 fully saturated rings. The molecule has 4 nitrogen and oxygen atoms in total. The van der Waals surface area contributed by atoms with Crippen LogP contribution in [0.3, 0.4) is 0 Å². The molecule has 4 heteroatoms. The van der Waals surface area contributed by atoms with Crippen LogP contribution in [0, 0.1) is 0 Å². The van der Waals surface area contributed by atoms with Crippen molar-refractivity contribution in [3.8, 4) is 0 Å². The first-order chi connectivity index (χ1) is 10.0. The number of aromatic carboxylic acids is 1. The normalized spacial score (nSPS) is 10.2. The highest BCUT2D eigenvalue weighted by molar-refractivity contribution is 6.09. The number of carbonyl (C=O) groups excluding carboxylic acids is 1. The van der Waals surface area contributed by atoms with E-state index in [9.17, 15) is 9.59 Å². The molecule has 0 saturated heterocycles. The molecular formula is C17H17NO3. The summed E-state index contributed by atoms with van der Waals surface area (Å²) in [4.78, 5) is 25.3. The predicted octanol–water partition coefficient (Wildman–Crippen LogP) is 3.07. The van der Waals surface area contributed by atoms with Crippen LogP contribution in [0.25, 0.3) is 0 Å². The molecule has 0 saturated carbocycles. The molecular weight excluding hydrogens is 266 g/mol. The highest BCUT2D eigenvalue weighted by Gasteiger charge is 2.11. The molecule has 0 aliphatic carbocycles. The summed E-state index contributed by atoms with van der Waals surface area (Å²) < 4.78 is 0. The van der Waals surface area contributed by atoms with Crippen molar-refractivity contribution in [2.75, 3.05) is 18.5 Å². The number of anilines is 1. The van der Waals surface area contributed by atoms with Crippen LogP contribution in [0.1, 0.15) is 33.2 Å². The minimum Gasteiger partial charge on any atom is -0.478 e. The van der Waals surface area contributed by atoms with Crippen molar-refractivity contribution in [3.05, 3.63) is 65.2 Å². The standard InChI is InChI=1S/C17H17NO3/c1-3-18(2)15-6-4-5-14(11-15)16(19)12-7-9-13(10-8-12)17(20)21/h4-11H,3H2,1-2H3,(H,20,21). The lowest BCUT2D eigenvalue weighted by molar-refractivity contribution is 0.0696.